The molecule has 2 aromatic rings. The molecule has 0 spiro atoms. The van der Waals surface area contributed by atoms with Gasteiger partial charge in [0.25, 0.3) is 20.2 Å². The zero-order chi connectivity index (χ0) is 16.4. The van der Waals surface area contributed by atoms with Gasteiger partial charge in [0.2, 0.25) is 0 Å². The van der Waals surface area contributed by atoms with Crippen LogP contribution >= 0.6 is 0 Å². The van der Waals surface area contributed by atoms with Crippen LogP contribution in [0.25, 0.3) is 0 Å². The fraction of sp³-hybridized carbons (Fsp3) is 0. The molecule has 0 fully saturated rings. The van der Waals surface area contributed by atoms with Crippen LogP contribution in [-0.2, 0) is 20.2 Å². The summed E-state index contributed by atoms with van der Waals surface area (Å²) >= 11 is 0. The van der Waals surface area contributed by atoms with Crippen LogP contribution in [0, 0.1) is 0 Å². The van der Waals surface area contributed by atoms with Gasteiger partial charge in [0.15, 0.2) is 0 Å². The van der Waals surface area contributed by atoms with Crippen molar-refractivity contribution in [1.29, 1.82) is 0 Å². The summed E-state index contributed by atoms with van der Waals surface area (Å²) in [5, 5.41) is 7.46. The van der Waals surface area contributed by atoms with Crippen molar-refractivity contribution >= 4 is 31.6 Å². The van der Waals surface area contributed by atoms with E-state index in [4.69, 9.17) is 9.11 Å². The number of hydrogen-bond donors (Lipinski definition) is 2. The van der Waals surface area contributed by atoms with Gasteiger partial charge in [-0.2, -0.15) is 21.9 Å². The van der Waals surface area contributed by atoms with E-state index in [1.165, 1.54) is 0 Å². The molecule has 0 aromatic heterocycles. The van der Waals surface area contributed by atoms with Crippen LogP contribution in [0.2, 0.25) is 0 Å². The Morgan fingerprint density at radius 2 is 1.41 bits per heavy atom. The first-order valence-corrected chi connectivity index (χ1v) is 8.62. The Bertz CT molecular complexity index is 921. The maximum absolute atomic E-state index is 11.3. The Morgan fingerprint density at radius 1 is 0.773 bits per heavy atom. The summed E-state index contributed by atoms with van der Waals surface area (Å²) in [6, 6.07) is 10.9. The first kappa shape index (κ1) is 16.2. The van der Waals surface area contributed by atoms with Gasteiger partial charge in [-0.15, -0.1) is 5.11 Å². The molecule has 0 heterocycles. The first-order valence-electron chi connectivity index (χ1n) is 5.74. The van der Waals surface area contributed by atoms with Crippen molar-refractivity contribution in [1.82, 2.24) is 0 Å². The largest absolute Gasteiger partial charge is 0.296 e. The van der Waals surface area contributed by atoms with Crippen molar-refractivity contribution < 1.29 is 25.9 Å². The number of hydrogen-bond acceptors (Lipinski definition) is 6. The van der Waals surface area contributed by atoms with E-state index in [0.717, 1.165) is 12.1 Å². The number of azo groups is 1. The highest BCUT2D eigenvalue weighted by Crippen LogP contribution is 2.28. The second-order valence-electron chi connectivity index (χ2n) is 4.12. The van der Waals surface area contributed by atoms with Crippen LogP contribution < -0.4 is 0 Å². The number of rotatable bonds is 4. The van der Waals surface area contributed by atoms with Gasteiger partial charge in [-0.05, 0) is 30.3 Å². The Labute approximate surface area is 126 Å². The quantitative estimate of drug-likeness (QED) is 0.648. The minimum Gasteiger partial charge on any atom is -0.282 e. The molecule has 0 radical (unpaired) electrons. The smallest absolute Gasteiger partial charge is 0.282 e. The summed E-state index contributed by atoms with van der Waals surface area (Å²) in [5.41, 5.74) is 0.168. The van der Waals surface area contributed by atoms with E-state index in [9.17, 15) is 16.8 Å². The molecule has 0 amide bonds. The number of nitrogens with zero attached hydrogens (tertiary/aromatic N) is 2. The molecule has 0 saturated carbocycles. The summed E-state index contributed by atoms with van der Waals surface area (Å²) in [5.74, 6) is 0. The van der Waals surface area contributed by atoms with Gasteiger partial charge in [-0.25, -0.2) is 0 Å². The lowest BCUT2D eigenvalue weighted by atomic mass is 10.3. The van der Waals surface area contributed by atoms with Gasteiger partial charge in [-0.3, -0.25) is 9.11 Å². The van der Waals surface area contributed by atoms with E-state index in [2.05, 4.69) is 10.2 Å². The average molecular weight is 342 g/mol. The Morgan fingerprint density at radius 3 is 1.95 bits per heavy atom. The van der Waals surface area contributed by atoms with Crippen molar-refractivity contribution in [2.45, 2.75) is 9.79 Å². The van der Waals surface area contributed by atoms with Gasteiger partial charge < -0.3 is 0 Å². The molecule has 22 heavy (non-hydrogen) atoms. The summed E-state index contributed by atoms with van der Waals surface area (Å²) in [6.45, 7) is 0. The fourth-order valence-electron chi connectivity index (χ4n) is 1.55. The Balaban J connectivity index is 2.55. The van der Waals surface area contributed by atoms with Gasteiger partial charge in [0.05, 0.1) is 10.6 Å². The van der Waals surface area contributed by atoms with E-state index in [-0.39, 0.29) is 5.69 Å². The van der Waals surface area contributed by atoms with Crippen LogP contribution in [0.15, 0.2) is 68.6 Å². The molecule has 10 heteroatoms. The van der Waals surface area contributed by atoms with E-state index >= 15 is 0 Å². The third-order valence-electron chi connectivity index (χ3n) is 2.54. The zero-order valence-electron chi connectivity index (χ0n) is 10.9. The predicted molar refractivity (Wildman–Crippen MR) is 76.7 cm³/mol. The standard InChI is InChI=1S/C12H10N2O6S2/c15-21(16,17)10-6-7-11(12(8-10)22(18,19)20)14-13-9-4-2-1-3-5-9/h1-8H,(H,15,16,17)(H,18,19,20). The molecular formula is C12H10N2O6S2. The van der Waals surface area contributed by atoms with Crippen LogP contribution in [0.5, 0.6) is 0 Å². The summed E-state index contributed by atoms with van der Waals surface area (Å²) in [4.78, 5) is -1.46. The third kappa shape index (κ3) is 3.95. The SMILES string of the molecule is O=S(=O)(O)c1ccc(N=Nc2ccccc2)c(S(=O)(=O)O)c1. The average Bonchev–Trinajstić information content (AvgIpc) is 2.44. The first-order chi connectivity index (χ1) is 10.2. The van der Waals surface area contributed by atoms with E-state index < -0.39 is 30.0 Å². The monoisotopic (exact) mass is 342 g/mol. The number of benzene rings is 2. The third-order valence-corrected chi connectivity index (χ3v) is 4.27. The van der Waals surface area contributed by atoms with E-state index in [1.54, 1.807) is 30.3 Å². The van der Waals surface area contributed by atoms with Crippen molar-refractivity contribution in [3.8, 4) is 0 Å². The summed E-state index contributed by atoms with van der Waals surface area (Å²) < 4.78 is 62.8. The molecule has 0 atom stereocenters. The Kier molecular flexibility index (Phi) is 4.37. The second-order valence-corrected chi connectivity index (χ2v) is 6.93. The minimum absolute atomic E-state index is 0.265. The molecule has 0 unspecified atom stereocenters. The predicted octanol–water partition coefficient (Wildman–Crippen LogP) is 2.60. The van der Waals surface area contributed by atoms with Crippen LogP contribution in [0.3, 0.4) is 0 Å². The summed E-state index contributed by atoms with van der Waals surface area (Å²) in [6.07, 6.45) is 0. The molecule has 0 bridgehead atoms. The van der Waals surface area contributed by atoms with Gasteiger partial charge >= 0.3 is 0 Å². The maximum Gasteiger partial charge on any atom is 0.296 e. The van der Waals surface area contributed by atoms with Crippen molar-refractivity contribution in [3.63, 3.8) is 0 Å². The molecule has 0 aliphatic heterocycles. The molecule has 8 nitrogen and oxygen atoms in total. The molecular weight excluding hydrogens is 332 g/mol. The molecule has 116 valence electrons. The van der Waals surface area contributed by atoms with Crippen LogP contribution in [0.1, 0.15) is 0 Å². The highest BCUT2D eigenvalue weighted by atomic mass is 32.2. The molecule has 2 aromatic carbocycles. The summed E-state index contributed by atoms with van der Waals surface area (Å²) in [7, 11) is -9.37. The fourth-order valence-corrected chi connectivity index (χ4v) is 2.78. The van der Waals surface area contributed by atoms with Crippen molar-refractivity contribution in [2.24, 2.45) is 10.2 Å². The molecule has 2 rings (SSSR count). The lowest BCUT2D eigenvalue weighted by Gasteiger charge is -2.04. The van der Waals surface area contributed by atoms with Crippen molar-refractivity contribution in [2.75, 3.05) is 0 Å². The molecule has 0 saturated heterocycles. The normalized spacial score (nSPS) is 12.6. The lowest BCUT2D eigenvalue weighted by Crippen LogP contribution is -2.03. The molecule has 2 N–H and O–H groups in total. The highest BCUT2D eigenvalue weighted by Gasteiger charge is 2.20. The highest BCUT2D eigenvalue weighted by molar-refractivity contribution is 7.86. The van der Waals surface area contributed by atoms with E-state index in [1.807, 2.05) is 0 Å². The topological polar surface area (TPSA) is 133 Å². The second kappa shape index (κ2) is 5.93. The Hall–Kier alpha value is -2.14. The van der Waals surface area contributed by atoms with Crippen LogP contribution in [-0.4, -0.2) is 25.9 Å². The zero-order valence-corrected chi connectivity index (χ0v) is 12.5. The minimum atomic E-state index is -4.75. The molecule has 0 aliphatic rings. The van der Waals surface area contributed by atoms with Crippen molar-refractivity contribution in [3.05, 3.63) is 48.5 Å². The van der Waals surface area contributed by atoms with Gasteiger partial charge in [0, 0.05) is 0 Å². The van der Waals surface area contributed by atoms with E-state index in [0.29, 0.717) is 11.8 Å². The van der Waals surface area contributed by atoms with Crippen LogP contribution in [0.4, 0.5) is 11.4 Å². The van der Waals surface area contributed by atoms with Gasteiger partial charge in [0.1, 0.15) is 10.6 Å². The van der Waals surface area contributed by atoms with Gasteiger partial charge in [-0.1, -0.05) is 18.2 Å². The lowest BCUT2D eigenvalue weighted by molar-refractivity contribution is 0.481. The molecule has 0 aliphatic carbocycles. The maximum atomic E-state index is 11.3.